The molecular weight excluding hydrogens is 251 g/mol. The third-order valence-electron chi connectivity index (χ3n) is 3.16. The van der Waals surface area contributed by atoms with Gasteiger partial charge in [0.15, 0.2) is 0 Å². The van der Waals surface area contributed by atoms with Crippen molar-refractivity contribution in [1.29, 1.82) is 0 Å². The number of benzene rings is 1. The van der Waals surface area contributed by atoms with Crippen molar-refractivity contribution in [3.05, 3.63) is 35.4 Å². The molecule has 1 aliphatic heterocycles. The van der Waals surface area contributed by atoms with Gasteiger partial charge in [0, 0.05) is 17.4 Å². The minimum Gasteiger partial charge on any atom is -0.427 e. The number of ether oxygens (including phenoxy) is 1. The topological polar surface area (TPSA) is 52.6 Å². The summed E-state index contributed by atoms with van der Waals surface area (Å²) in [5.41, 5.74) is 1.13. The van der Waals surface area contributed by atoms with E-state index >= 15 is 0 Å². The molecule has 5 heteroatoms. The Bertz CT molecular complexity index is 530. The first-order chi connectivity index (χ1) is 8.22. The Hall–Kier alpha value is -1.12. The second kappa shape index (κ2) is 4.22. The normalized spacial score (nSPS) is 22.2. The Morgan fingerprint density at radius 1 is 1.28 bits per heavy atom. The zero-order chi connectivity index (χ0) is 13.6. The van der Waals surface area contributed by atoms with Gasteiger partial charge in [-0.1, -0.05) is 39.0 Å². The molecule has 1 aromatic rings. The highest BCUT2D eigenvalue weighted by atomic mass is 31.2. The number of carbonyl (C=O) groups excluding carboxylic acids is 1. The maximum absolute atomic E-state index is 12.5. The van der Waals surface area contributed by atoms with E-state index in [0.717, 1.165) is 0 Å². The summed E-state index contributed by atoms with van der Waals surface area (Å²) in [6.07, 6.45) is -0.858. The Morgan fingerprint density at radius 2 is 1.89 bits per heavy atom. The third kappa shape index (κ3) is 2.23. The standard InChI is InChI=1S/C13H17O4P/c1-13(2,3)18(4,15)17-12-10-8-6-5-7-9(10)11(14)16-12/h5-8,12H,1-4H3. The SMILES string of the molecule is CC(C)(C)P(C)(=O)OC1OC(=O)c2ccccc21. The zero-order valence-corrected chi connectivity index (χ0v) is 11.9. The molecule has 0 aromatic heterocycles. The highest BCUT2D eigenvalue weighted by Crippen LogP contribution is 2.59. The van der Waals surface area contributed by atoms with Gasteiger partial charge in [-0.3, -0.25) is 9.09 Å². The van der Waals surface area contributed by atoms with E-state index in [1.54, 1.807) is 30.9 Å². The molecule has 2 atom stereocenters. The van der Waals surface area contributed by atoms with E-state index in [1.165, 1.54) is 0 Å². The summed E-state index contributed by atoms with van der Waals surface area (Å²) in [6.45, 7) is 7.10. The fourth-order valence-corrected chi connectivity index (χ4v) is 2.37. The van der Waals surface area contributed by atoms with E-state index in [1.807, 2.05) is 20.8 Å². The maximum Gasteiger partial charge on any atom is 0.341 e. The first kappa shape index (κ1) is 13.3. The smallest absolute Gasteiger partial charge is 0.341 e. The summed E-state index contributed by atoms with van der Waals surface area (Å²) in [7, 11) is -2.88. The van der Waals surface area contributed by atoms with Gasteiger partial charge >= 0.3 is 5.97 Å². The van der Waals surface area contributed by atoms with E-state index < -0.39 is 24.8 Å². The van der Waals surface area contributed by atoms with Crippen LogP contribution in [-0.4, -0.2) is 17.8 Å². The van der Waals surface area contributed by atoms with Gasteiger partial charge in [-0.25, -0.2) is 4.79 Å². The van der Waals surface area contributed by atoms with Crippen molar-refractivity contribution in [2.45, 2.75) is 32.2 Å². The van der Waals surface area contributed by atoms with Crippen molar-refractivity contribution in [2.75, 3.05) is 6.66 Å². The molecule has 1 aliphatic rings. The molecule has 18 heavy (non-hydrogen) atoms. The summed E-state index contributed by atoms with van der Waals surface area (Å²) >= 11 is 0. The second-order valence-corrected chi connectivity index (χ2v) is 8.69. The van der Waals surface area contributed by atoms with Gasteiger partial charge in [0.1, 0.15) is 0 Å². The molecule has 0 fully saturated rings. The minimum absolute atomic E-state index is 0.426. The number of carbonyl (C=O) groups is 1. The molecule has 4 nitrogen and oxygen atoms in total. The lowest BCUT2D eigenvalue weighted by Gasteiger charge is -2.29. The number of fused-ring (bicyclic) bond motifs is 1. The molecule has 98 valence electrons. The van der Waals surface area contributed by atoms with Crippen LogP contribution in [-0.2, 0) is 13.8 Å². The number of esters is 1. The Kier molecular flexibility index (Phi) is 3.12. The first-order valence-electron chi connectivity index (χ1n) is 5.78. The lowest BCUT2D eigenvalue weighted by Crippen LogP contribution is -2.18. The lowest BCUT2D eigenvalue weighted by molar-refractivity contribution is -0.0376. The molecule has 2 rings (SSSR count). The quantitative estimate of drug-likeness (QED) is 0.607. The molecule has 2 unspecified atom stereocenters. The van der Waals surface area contributed by atoms with Crippen LogP contribution in [0.2, 0.25) is 0 Å². The Labute approximate surface area is 107 Å². The highest BCUT2D eigenvalue weighted by Gasteiger charge is 2.40. The number of hydrogen-bond acceptors (Lipinski definition) is 4. The van der Waals surface area contributed by atoms with Gasteiger partial charge in [-0.15, -0.1) is 0 Å². The Morgan fingerprint density at radius 3 is 2.50 bits per heavy atom. The summed E-state index contributed by atoms with van der Waals surface area (Å²) in [4.78, 5) is 11.6. The summed E-state index contributed by atoms with van der Waals surface area (Å²) in [5, 5.41) is -0.489. The zero-order valence-electron chi connectivity index (χ0n) is 11.0. The molecule has 0 N–H and O–H groups in total. The van der Waals surface area contributed by atoms with Crippen molar-refractivity contribution >= 4 is 13.3 Å². The van der Waals surface area contributed by atoms with Gasteiger partial charge < -0.3 is 4.74 Å². The average Bonchev–Trinajstić information content (AvgIpc) is 2.55. The van der Waals surface area contributed by atoms with Crippen LogP contribution in [0.15, 0.2) is 24.3 Å². The van der Waals surface area contributed by atoms with Crippen molar-refractivity contribution in [2.24, 2.45) is 0 Å². The fraction of sp³-hybridized carbons (Fsp3) is 0.462. The van der Waals surface area contributed by atoms with Crippen molar-refractivity contribution in [1.82, 2.24) is 0 Å². The van der Waals surface area contributed by atoms with Crippen LogP contribution in [0.25, 0.3) is 0 Å². The molecule has 1 heterocycles. The van der Waals surface area contributed by atoms with Crippen molar-refractivity contribution in [3.8, 4) is 0 Å². The van der Waals surface area contributed by atoms with E-state index in [4.69, 9.17) is 9.26 Å². The van der Waals surface area contributed by atoms with E-state index in [2.05, 4.69) is 0 Å². The number of hydrogen-bond donors (Lipinski definition) is 0. The third-order valence-corrected chi connectivity index (χ3v) is 6.19. The summed E-state index contributed by atoms with van der Waals surface area (Å²) < 4.78 is 23.2. The lowest BCUT2D eigenvalue weighted by atomic mass is 10.1. The molecule has 0 saturated carbocycles. The molecule has 0 spiro atoms. The van der Waals surface area contributed by atoms with Gasteiger partial charge in [0.2, 0.25) is 13.7 Å². The van der Waals surface area contributed by atoms with Crippen LogP contribution in [0.4, 0.5) is 0 Å². The molecule has 0 radical (unpaired) electrons. The van der Waals surface area contributed by atoms with Crippen molar-refractivity contribution in [3.63, 3.8) is 0 Å². The monoisotopic (exact) mass is 268 g/mol. The van der Waals surface area contributed by atoms with Gasteiger partial charge in [-0.05, 0) is 6.07 Å². The van der Waals surface area contributed by atoms with Gasteiger partial charge in [0.05, 0.1) is 5.56 Å². The Balaban J connectivity index is 2.29. The van der Waals surface area contributed by atoms with Crippen LogP contribution < -0.4 is 0 Å². The number of cyclic esters (lactones) is 1. The predicted octanol–water partition coefficient (Wildman–Crippen LogP) is 3.58. The molecular formula is C13H17O4P. The maximum atomic E-state index is 12.5. The number of rotatable bonds is 2. The van der Waals surface area contributed by atoms with Crippen LogP contribution in [0.1, 0.15) is 43.0 Å². The highest BCUT2D eigenvalue weighted by molar-refractivity contribution is 7.59. The first-order valence-corrected chi connectivity index (χ1v) is 7.85. The van der Waals surface area contributed by atoms with Gasteiger partial charge in [0.25, 0.3) is 0 Å². The minimum atomic E-state index is -2.88. The van der Waals surface area contributed by atoms with Gasteiger partial charge in [-0.2, -0.15) is 0 Å². The second-order valence-electron chi connectivity index (χ2n) is 5.45. The van der Waals surface area contributed by atoms with E-state index in [9.17, 15) is 9.36 Å². The molecule has 0 saturated heterocycles. The molecule has 0 aliphatic carbocycles. The average molecular weight is 268 g/mol. The predicted molar refractivity (Wildman–Crippen MR) is 69.0 cm³/mol. The van der Waals surface area contributed by atoms with Crippen LogP contribution in [0.3, 0.4) is 0 Å². The molecule has 0 bridgehead atoms. The summed E-state index contributed by atoms with van der Waals surface area (Å²) in [5.74, 6) is -0.426. The van der Waals surface area contributed by atoms with Crippen LogP contribution in [0.5, 0.6) is 0 Å². The van der Waals surface area contributed by atoms with E-state index in [0.29, 0.717) is 11.1 Å². The molecule has 0 amide bonds. The van der Waals surface area contributed by atoms with Crippen molar-refractivity contribution < 1.29 is 18.6 Å². The largest absolute Gasteiger partial charge is 0.427 e. The fourth-order valence-electron chi connectivity index (χ4n) is 1.53. The van der Waals surface area contributed by atoms with E-state index in [-0.39, 0.29) is 0 Å². The van der Waals surface area contributed by atoms with Crippen LogP contribution >= 0.6 is 7.37 Å². The molecule has 1 aromatic carbocycles. The van der Waals surface area contributed by atoms with Crippen LogP contribution in [0, 0.1) is 0 Å². The summed E-state index contributed by atoms with van der Waals surface area (Å²) in [6, 6.07) is 7.00.